The standard InChI is InChI=1S/C13H21N3O5S/c1-4-10(2)8-16(9-12(17)15-18)22(19,20)13-6-5-11(21-3)7-14-13/h5-7,10,18H,4,8-9H2,1-3H3,(H,15,17). The Labute approximate surface area is 130 Å². The quantitative estimate of drug-likeness (QED) is 0.534. The van der Waals surface area contributed by atoms with Crippen LogP contribution < -0.4 is 10.2 Å². The van der Waals surface area contributed by atoms with E-state index < -0.39 is 22.5 Å². The molecule has 1 aromatic rings. The highest BCUT2D eigenvalue weighted by Crippen LogP contribution is 2.18. The van der Waals surface area contributed by atoms with Gasteiger partial charge in [0.25, 0.3) is 15.9 Å². The van der Waals surface area contributed by atoms with Crippen LogP contribution in [0.15, 0.2) is 23.4 Å². The van der Waals surface area contributed by atoms with Gasteiger partial charge in [0.1, 0.15) is 5.75 Å². The molecule has 124 valence electrons. The van der Waals surface area contributed by atoms with Crippen molar-refractivity contribution >= 4 is 15.9 Å². The number of sulfonamides is 1. The zero-order valence-corrected chi connectivity index (χ0v) is 13.6. The topological polar surface area (TPSA) is 109 Å². The maximum atomic E-state index is 12.6. The Bertz CT molecular complexity index is 588. The van der Waals surface area contributed by atoms with Gasteiger partial charge in [-0.15, -0.1) is 0 Å². The third-order valence-electron chi connectivity index (χ3n) is 3.21. The number of hydrogen-bond donors (Lipinski definition) is 2. The SMILES string of the molecule is CCC(C)CN(CC(=O)NO)S(=O)(=O)c1ccc(OC)cn1. The number of hydroxylamine groups is 1. The fraction of sp³-hybridized carbons (Fsp3) is 0.538. The molecule has 1 amide bonds. The van der Waals surface area contributed by atoms with Gasteiger partial charge in [-0.2, -0.15) is 4.31 Å². The summed E-state index contributed by atoms with van der Waals surface area (Å²) >= 11 is 0. The molecule has 0 aliphatic rings. The van der Waals surface area contributed by atoms with Crippen molar-refractivity contribution in [2.75, 3.05) is 20.2 Å². The lowest BCUT2D eigenvalue weighted by molar-refractivity contribution is -0.129. The van der Waals surface area contributed by atoms with Crippen molar-refractivity contribution in [2.45, 2.75) is 25.3 Å². The third kappa shape index (κ3) is 4.65. The van der Waals surface area contributed by atoms with E-state index in [1.807, 2.05) is 13.8 Å². The second-order valence-electron chi connectivity index (χ2n) is 4.88. The molecule has 1 heterocycles. The van der Waals surface area contributed by atoms with E-state index in [0.29, 0.717) is 5.75 Å². The first kappa shape index (κ1) is 18.3. The lowest BCUT2D eigenvalue weighted by Crippen LogP contribution is -2.42. The number of rotatable bonds is 8. The normalized spacial score (nSPS) is 13.0. The van der Waals surface area contributed by atoms with Gasteiger partial charge in [-0.3, -0.25) is 10.0 Å². The van der Waals surface area contributed by atoms with E-state index in [2.05, 4.69) is 4.98 Å². The molecule has 0 radical (unpaired) electrons. The van der Waals surface area contributed by atoms with Crippen molar-refractivity contribution < 1.29 is 23.2 Å². The van der Waals surface area contributed by atoms with Crippen LogP contribution in [-0.4, -0.2) is 49.0 Å². The molecule has 9 heteroatoms. The molecule has 2 N–H and O–H groups in total. The predicted octanol–water partition coefficient (Wildman–Crippen LogP) is 0.632. The van der Waals surface area contributed by atoms with E-state index in [0.717, 1.165) is 10.7 Å². The number of aromatic nitrogens is 1. The molecule has 0 spiro atoms. The molecule has 0 aliphatic carbocycles. The van der Waals surface area contributed by atoms with Crippen LogP contribution in [0, 0.1) is 5.92 Å². The molecule has 1 aromatic heterocycles. The molecule has 8 nitrogen and oxygen atoms in total. The second kappa shape index (κ2) is 8.06. The number of carbonyl (C=O) groups excluding carboxylic acids is 1. The van der Waals surface area contributed by atoms with Gasteiger partial charge in [0, 0.05) is 6.54 Å². The van der Waals surface area contributed by atoms with Crippen LogP contribution in [-0.2, 0) is 14.8 Å². The summed E-state index contributed by atoms with van der Waals surface area (Å²) in [6, 6.07) is 2.79. The zero-order valence-electron chi connectivity index (χ0n) is 12.8. The Hall–Kier alpha value is -1.71. The molecule has 1 atom stereocenters. The lowest BCUT2D eigenvalue weighted by Gasteiger charge is -2.23. The van der Waals surface area contributed by atoms with Crippen LogP contribution >= 0.6 is 0 Å². The number of nitrogens with zero attached hydrogens (tertiary/aromatic N) is 2. The monoisotopic (exact) mass is 331 g/mol. The number of nitrogens with one attached hydrogen (secondary N) is 1. The summed E-state index contributed by atoms with van der Waals surface area (Å²) in [5.41, 5.74) is 1.44. The minimum atomic E-state index is -3.94. The summed E-state index contributed by atoms with van der Waals surface area (Å²) in [4.78, 5) is 15.2. The molecule has 0 aromatic carbocycles. The number of amides is 1. The molecule has 0 saturated carbocycles. The highest BCUT2D eigenvalue weighted by atomic mass is 32.2. The number of ether oxygens (including phenoxy) is 1. The molecular formula is C13H21N3O5S. The molecule has 0 fully saturated rings. The fourth-order valence-electron chi connectivity index (χ4n) is 1.69. The van der Waals surface area contributed by atoms with E-state index in [4.69, 9.17) is 9.94 Å². The average molecular weight is 331 g/mol. The maximum absolute atomic E-state index is 12.6. The van der Waals surface area contributed by atoms with E-state index in [-0.39, 0.29) is 17.5 Å². The van der Waals surface area contributed by atoms with E-state index in [9.17, 15) is 13.2 Å². The zero-order chi connectivity index (χ0) is 16.8. The van der Waals surface area contributed by atoms with Crippen LogP contribution in [0.1, 0.15) is 20.3 Å². The van der Waals surface area contributed by atoms with Gasteiger partial charge in [0.05, 0.1) is 19.9 Å². The number of carbonyl (C=O) groups is 1. The Balaban J connectivity index is 3.09. The molecule has 0 aliphatic heterocycles. The Kier molecular flexibility index (Phi) is 6.72. The Morgan fingerprint density at radius 2 is 2.18 bits per heavy atom. The van der Waals surface area contributed by atoms with Crippen LogP contribution in [0.5, 0.6) is 5.75 Å². The van der Waals surface area contributed by atoms with Gasteiger partial charge in [-0.25, -0.2) is 18.9 Å². The first-order valence-electron chi connectivity index (χ1n) is 6.78. The van der Waals surface area contributed by atoms with Crippen LogP contribution in [0.4, 0.5) is 0 Å². The largest absolute Gasteiger partial charge is 0.495 e. The molecule has 22 heavy (non-hydrogen) atoms. The van der Waals surface area contributed by atoms with Crippen LogP contribution in [0.25, 0.3) is 0 Å². The Morgan fingerprint density at radius 1 is 1.50 bits per heavy atom. The first-order valence-corrected chi connectivity index (χ1v) is 8.22. The van der Waals surface area contributed by atoms with Gasteiger partial charge in [-0.05, 0) is 18.1 Å². The molecular weight excluding hydrogens is 310 g/mol. The fourth-order valence-corrected chi connectivity index (χ4v) is 3.12. The number of methoxy groups -OCH3 is 1. The molecule has 1 rings (SSSR count). The first-order chi connectivity index (χ1) is 10.3. The van der Waals surface area contributed by atoms with E-state index in [1.54, 1.807) is 0 Å². The van der Waals surface area contributed by atoms with Gasteiger partial charge in [0.2, 0.25) is 0 Å². The van der Waals surface area contributed by atoms with Crippen molar-refractivity contribution in [1.82, 2.24) is 14.8 Å². The van der Waals surface area contributed by atoms with Crippen molar-refractivity contribution in [1.29, 1.82) is 0 Å². The Morgan fingerprint density at radius 3 is 2.64 bits per heavy atom. The van der Waals surface area contributed by atoms with Gasteiger partial charge < -0.3 is 4.74 Å². The van der Waals surface area contributed by atoms with Crippen molar-refractivity contribution in [2.24, 2.45) is 5.92 Å². The molecule has 1 unspecified atom stereocenters. The summed E-state index contributed by atoms with van der Waals surface area (Å²) in [6.45, 7) is 3.48. The highest BCUT2D eigenvalue weighted by molar-refractivity contribution is 7.89. The van der Waals surface area contributed by atoms with E-state index >= 15 is 0 Å². The van der Waals surface area contributed by atoms with E-state index in [1.165, 1.54) is 30.9 Å². The molecule has 0 bridgehead atoms. The highest BCUT2D eigenvalue weighted by Gasteiger charge is 2.28. The number of pyridine rings is 1. The molecule has 0 saturated heterocycles. The van der Waals surface area contributed by atoms with Gasteiger partial charge >= 0.3 is 0 Å². The summed E-state index contributed by atoms with van der Waals surface area (Å²) in [5.74, 6) is -0.319. The maximum Gasteiger partial charge on any atom is 0.261 e. The summed E-state index contributed by atoms with van der Waals surface area (Å²) in [5, 5.41) is 8.45. The lowest BCUT2D eigenvalue weighted by atomic mass is 10.1. The van der Waals surface area contributed by atoms with Crippen molar-refractivity contribution in [3.05, 3.63) is 18.3 Å². The number of hydrogen-bond acceptors (Lipinski definition) is 6. The smallest absolute Gasteiger partial charge is 0.261 e. The van der Waals surface area contributed by atoms with Gasteiger partial charge in [0.15, 0.2) is 5.03 Å². The second-order valence-corrected chi connectivity index (χ2v) is 6.77. The third-order valence-corrected chi connectivity index (χ3v) is 4.93. The van der Waals surface area contributed by atoms with Crippen LogP contribution in [0.2, 0.25) is 0 Å². The minimum absolute atomic E-state index is 0.0551. The minimum Gasteiger partial charge on any atom is -0.495 e. The van der Waals surface area contributed by atoms with Crippen molar-refractivity contribution in [3.8, 4) is 5.75 Å². The van der Waals surface area contributed by atoms with Crippen molar-refractivity contribution in [3.63, 3.8) is 0 Å². The van der Waals surface area contributed by atoms with Crippen LogP contribution in [0.3, 0.4) is 0 Å². The summed E-state index contributed by atoms with van der Waals surface area (Å²) < 4.78 is 31.1. The summed E-state index contributed by atoms with van der Waals surface area (Å²) in [7, 11) is -2.49. The van der Waals surface area contributed by atoms with Gasteiger partial charge in [-0.1, -0.05) is 20.3 Å². The predicted molar refractivity (Wildman–Crippen MR) is 78.9 cm³/mol. The average Bonchev–Trinajstić information content (AvgIpc) is 2.53. The summed E-state index contributed by atoms with van der Waals surface area (Å²) in [6.07, 6.45) is 2.04.